The van der Waals surface area contributed by atoms with Gasteiger partial charge in [0.25, 0.3) is 0 Å². The van der Waals surface area contributed by atoms with Crippen LogP contribution >= 0.6 is 0 Å². The number of amides is 1. The van der Waals surface area contributed by atoms with E-state index in [1.807, 2.05) is 0 Å². The third-order valence-electron chi connectivity index (χ3n) is 5.01. The molecule has 1 aliphatic heterocycles. The second-order valence-electron chi connectivity index (χ2n) is 6.89. The van der Waals surface area contributed by atoms with Gasteiger partial charge in [0, 0.05) is 13.1 Å². The van der Waals surface area contributed by atoms with Crippen molar-refractivity contribution in [3.63, 3.8) is 0 Å². The Morgan fingerprint density at radius 2 is 2.13 bits per heavy atom. The summed E-state index contributed by atoms with van der Waals surface area (Å²) in [7, 11) is -3.73. The van der Waals surface area contributed by atoms with Gasteiger partial charge in [-0.05, 0) is 39.0 Å². The molecule has 1 atom stereocenters. The Labute approximate surface area is 136 Å². The van der Waals surface area contributed by atoms with Gasteiger partial charge < -0.3 is 10.3 Å². The maximum Gasteiger partial charge on any atom is 0.248 e. The van der Waals surface area contributed by atoms with Gasteiger partial charge in [-0.2, -0.15) is 4.31 Å². The van der Waals surface area contributed by atoms with E-state index >= 15 is 0 Å². The molecule has 1 unspecified atom stereocenters. The first-order chi connectivity index (χ1) is 10.8. The molecule has 23 heavy (non-hydrogen) atoms. The Morgan fingerprint density at radius 3 is 2.65 bits per heavy atom. The van der Waals surface area contributed by atoms with E-state index in [0.717, 1.165) is 12.8 Å². The van der Waals surface area contributed by atoms with Crippen LogP contribution in [0, 0.1) is 25.2 Å². The molecule has 0 bridgehead atoms. The Balaban J connectivity index is 1.92. The lowest BCUT2D eigenvalue weighted by molar-refractivity contribution is -0.130. The van der Waals surface area contributed by atoms with Crippen molar-refractivity contribution < 1.29 is 17.7 Å². The lowest BCUT2D eigenvalue weighted by Crippen LogP contribution is -2.52. The summed E-state index contributed by atoms with van der Waals surface area (Å²) >= 11 is 0. The number of sulfonamides is 1. The first kappa shape index (κ1) is 16.4. The SMILES string of the molecule is Cc1noc(C)c1S(=O)(=O)N1CCCC(CC2CC2)(C(N)=O)C1. The number of nitrogens with two attached hydrogens (primary N) is 1. The van der Waals surface area contributed by atoms with Crippen LogP contribution in [0.15, 0.2) is 9.42 Å². The minimum atomic E-state index is -3.73. The second kappa shape index (κ2) is 5.59. The zero-order chi connectivity index (χ0) is 16.8. The molecule has 1 aromatic heterocycles. The van der Waals surface area contributed by atoms with Gasteiger partial charge in [0.2, 0.25) is 15.9 Å². The number of rotatable bonds is 5. The molecule has 1 aliphatic carbocycles. The van der Waals surface area contributed by atoms with E-state index < -0.39 is 15.4 Å². The number of carbonyl (C=O) groups is 1. The molecule has 0 aromatic carbocycles. The molecular formula is C15H23N3O4S. The smallest absolute Gasteiger partial charge is 0.248 e. The van der Waals surface area contributed by atoms with Crippen LogP contribution < -0.4 is 5.73 Å². The standard InChI is InChI=1S/C15H23N3O4S/c1-10-13(11(2)22-17-10)23(20,21)18-7-3-6-15(9-18,14(16)19)8-12-4-5-12/h12H,3-9H2,1-2H3,(H2,16,19). The van der Waals surface area contributed by atoms with Crippen molar-refractivity contribution in [2.24, 2.45) is 17.1 Å². The number of hydrogen-bond donors (Lipinski definition) is 1. The number of nitrogens with zero attached hydrogens (tertiary/aromatic N) is 2. The summed E-state index contributed by atoms with van der Waals surface area (Å²) in [6, 6.07) is 0. The molecule has 1 saturated carbocycles. The molecule has 3 rings (SSSR count). The van der Waals surface area contributed by atoms with Crippen LogP contribution in [0.4, 0.5) is 0 Å². The zero-order valence-electron chi connectivity index (χ0n) is 13.5. The lowest BCUT2D eigenvalue weighted by atomic mass is 9.75. The number of carbonyl (C=O) groups excluding carboxylic acids is 1. The molecule has 7 nitrogen and oxygen atoms in total. The second-order valence-corrected chi connectivity index (χ2v) is 8.76. The van der Waals surface area contributed by atoms with E-state index in [4.69, 9.17) is 10.3 Å². The van der Waals surface area contributed by atoms with E-state index in [1.54, 1.807) is 13.8 Å². The zero-order valence-corrected chi connectivity index (χ0v) is 14.4. The highest BCUT2D eigenvalue weighted by Gasteiger charge is 2.47. The van der Waals surface area contributed by atoms with Crippen molar-refractivity contribution in [2.45, 2.75) is 50.8 Å². The maximum absolute atomic E-state index is 13.0. The summed E-state index contributed by atoms with van der Waals surface area (Å²) in [4.78, 5) is 12.2. The molecule has 2 aliphatic rings. The topological polar surface area (TPSA) is 106 Å². The van der Waals surface area contributed by atoms with E-state index in [-0.39, 0.29) is 23.1 Å². The summed E-state index contributed by atoms with van der Waals surface area (Å²) in [5.74, 6) is 0.396. The number of aryl methyl sites for hydroxylation is 2. The van der Waals surface area contributed by atoms with Crippen LogP contribution in [0.2, 0.25) is 0 Å². The highest BCUT2D eigenvalue weighted by molar-refractivity contribution is 7.89. The Hall–Kier alpha value is -1.41. The third kappa shape index (κ3) is 2.89. The van der Waals surface area contributed by atoms with Crippen molar-refractivity contribution in [1.82, 2.24) is 9.46 Å². The molecule has 8 heteroatoms. The summed E-state index contributed by atoms with van der Waals surface area (Å²) in [6.07, 6.45) is 4.19. The van der Waals surface area contributed by atoms with Crippen LogP contribution in [0.25, 0.3) is 0 Å². The van der Waals surface area contributed by atoms with Gasteiger partial charge in [0.1, 0.15) is 10.6 Å². The fourth-order valence-electron chi connectivity index (χ4n) is 3.61. The summed E-state index contributed by atoms with van der Waals surface area (Å²) in [5.41, 5.74) is 5.27. The summed E-state index contributed by atoms with van der Waals surface area (Å²) in [5, 5.41) is 3.73. The average molecular weight is 341 g/mol. The predicted octanol–water partition coefficient (Wildman–Crippen LogP) is 1.35. The number of aromatic nitrogens is 1. The van der Waals surface area contributed by atoms with Gasteiger partial charge in [-0.1, -0.05) is 18.0 Å². The van der Waals surface area contributed by atoms with Crippen molar-refractivity contribution in [1.29, 1.82) is 0 Å². The van der Waals surface area contributed by atoms with Crippen molar-refractivity contribution in [3.05, 3.63) is 11.5 Å². The van der Waals surface area contributed by atoms with Crippen molar-refractivity contribution in [2.75, 3.05) is 13.1 Å². The predicted molar refractivity (Wildman–Crippen MR) is 82.9 cm³/mol. The minimum Gasteiger partial charge on any atom is -0.369 e. The number of piperidine rings is 1. The molecule has 128 valence electrons. The summed E-state index contributed by atoms with van der Waals surface area (Å²) in [6.45, 7) is 3.75. The molecule has 1 saturated heterocycles. The largest absolute Gasteiger partial charge is 0.369 e. The van der Waals surface area contributed by atoms with Crippen LogP contribution in [-0.2, 0) is 14.8 Å². The van der Waals surface area contributed by atoms with Crippen LogP contribution in [0.3, 0.4) is 0 Å². The van der Waals surface area contributed by atoms with Crippen LogP contribution in [0.5, 0.6) is 0 Å². The summed E-state index contributed by atoms with van der Waals surface area (Å²) < 4.78 is 32.3. The normalized spacial score (nSPS) is 26.3. The van der Waals surface area contributed by atoms with Gasteiger partial charge in [-0.15, -0.1) is 0 Å². The molecular weight excluding hydrogens is 318 g/mol. The lowest BCUT2D eigenvalue weighted by Gasteiger charge is -2.40. The molecule has 1 aromatic rings. The molecule has 2 N–H and O–H groups in total. The Kier molecular flexibility index (Phi) is 4.00. The first-order valence-corrected chi connectivity index (χ1v) is 9.43. The highest BCUT2D eigenvalue weighted by atomic mass is 32.2. The van der Waals surface area contributed by atoms with E-state index in [2.05, 4.69) is 5.16 Å². The van der Waals surface area contributed by atoms with Gasteiger partial charge >= 0.3 is 0 Å². The molecule has 1 amide bonds. The van der Waals surface area contributed by atoms with Gasteiger partial charge in [0.05, 0.1) is 5.41 Å². The quantitative estimate of drug-likeness (QED) is 0.870. The van der Waals surface area contributed by atoms with Crippen LogP contribution in [0.1, 0.15) is 43.6 Å². The van der Waals surface area contributed by atoms with Gasteiger partial charge in [-0.25, -0.2) is 8.42 Å². The van der Waals surface area contributed by atoms with Gasteiger partial charge in [0.15, 0.2) is 5.76 Å². The monoisotopic (exact) mass is 341 g/mol. The molecule has 2 heterocycles. The average Bonchev–Trinajstić information content (AvgIpc) is 3.22. The maximum atomic E-state index is 13.0. The van der Waals surface area contributed by atoms with Crippen molar-refractivity contribution >= 4 is 15.9 Å². The molecule has 0 spiro atoms. The van der Waals surface area contributed by atoms with Gasteiger partial charge in [-0.3, -0.25) is 4.79 Å². The minimum absolute atomic E-state index is 0.115. The highest BCUT2D eigenvalue weighted by Crippen LogP contribution is 2.45. The van der Waals surface area contributed by atoms with E-state index in [9.17, 15) is 13.2 Å². The number of hydrogen-bond acceptors (Lipinski definition) is 5. The van der Waals surface area contributed by atoms with E-state index in [0.29, 0.717) is 37.4 Å². The van der Waals surface area contributed by atoms with Crippen molar-refractivity contribution in [3.8, 4) is 0 Å². The molecule has 0 radical (unpaired) electrons. The molecule has 2 fully saturated rings. The van der Waals surface area contributed by atoms with Crippen LogP contribution in [-0.4, -0.2) is 36.9 Å². The Morgan fingerprint density at radius 1 is 1.43 bits per heavy atom. The first-order valence-electron chi connectivity index (χ1n) is 7.99. The number of primary amides is 1. The van der Waals surface area contributed by atoms with E-state index in [1.165, 1.54) is 4.31 Å². The fraction of sp³-hybridized carbons (Fsp3) is 0.733. The fourth-order valence-corrected chi connectivity index (χ4v) is 5.47. The Bertz CT molecular complexity index is 704. The third-order valence-corrected chi connectivity index (χ3v) is 7.10.